The minimum Gasteiger partial charge on any atom is -0.378 e. The van der Waals surface area contributed by atoms with Gasteiger partial charge in [0.2, 0.25) is 0 Å². The zero-order valence-corrected chi connectivity index (χ0v) is 11.1. The average molecular weight is 249 g/mol. The summed E-state index contributed by atoms with van der Waals surface area (Å²) in [5, 5.41) is 3.23. The molecule has 0 amide bonds. The van der Waals surface area contributed by atoms with Gasteiger partial charge in [-0.05, 0) is 39.2 Å². The van der Waals surface area contributed by atoms with Crippen LogP contribution in [-0.4, -0.2) is 45.7 Å². The van der Waals surface area contributed by atoms with Gasteiger partial charge >= 0.3 is 0 Å². The lowest BCUT2D eigenvalue weighted by atomic mass is 10.1. The molecule has 0 radical (unpaired) electrons. The number of sulfone groups is 1. The summed E-state index contributed by atoms with van der Waals surface area (Å²) in [4.78, 5) is 0. The van der Waals surface area contributed by atoms with Gasteiger partial charge in [-0.25, -0.2) is 8.42 Å². The SMILES string of the molecule is CC(CS(C)(=O)=O)NCCC1CCCCO1. The monoisotopic (exact) mass is 249 g/mol. The molecule has 16 heavy (non-hydrogen) atoms. The van der Waals surface area contributed by atoms with Crippen molar-refractivity contribution in [2.45, 2.75) is 44.8 Å². The lowest BCUT2D eigenvalue weighted by molar-refractivity contribution is 0.0113. The summed E-state index contributed by atoms with van der Waals surface area (Å²) in [6, 6.07) is 0.0265. The molecule has 5 heteroatoms. The highest BCUT2D eigenvalue weighted by molar-refractivity contribution is 7.90. The number of rotatable bonds is 6. The van der Waals surface area contributed by atoms with E-state index < -0.39 is 9.84 Å². The summed E-state index contributed by atoms with van der Waals surface area (Å²) in [7, 11) is -2.87. The first kappa shape index (κ1) is 13.9. The van der Waals surface area contributed by atoms with Crippen molar-refractivity contribution in [3.05, 3.63) is 0 Å². The summed E-state index contributed by atoms with van der Waals surface area (Å²) in [5.74, 6) is 0.207. The Balaban J connectivity index is 2.10. The van der Waals surface area contributed by atoms with Gasteiger partial charge in [-0.15, -0.1) is 0 Å². The molecule has 0 aliphatic carbocycles. The van der Waals surface area contributed by atoms with Crippen molar-refractivity contribution in [3.8, 4) is 0 Å². The van der Waals surface area contributed by atoms with Crippen molar-refractivity contribution in [2.75, 3.05) is 25.2 Å². The molecule has 0 aromatic rings. The molecular formula is C11H23NO3S. The largest absolute Gasteiger partial charge is 0.378 e. The van der Waals surface area contributed by atoms with E-state index in [4.69, 9.17) is 4.74 Å². The first-order chi connectivity index (χ1) is 7.47. The van der Waals surface area contributed by atoms with E-state index in [2.05, 4.69) is 5.32 Å². The Hall–Kier alpha value is -0.130. The molecule has 0 bridgehead atoms. The van der Waals surface area contributed by atoms with Gasteiger partial charge in [-0.1, -0.05) is 0 Å². The first-order valence-corrected chi connectivity index (χ1v) is 8.06. The number of nitrogens with one attached hydrogen (secondary N) is 1. The third kappa shape index (κ3) is 6.45. The second kappa shape index (κ2) is 6.57. The lowest BCUT2D eigenvalue weighted by Crippen LogP contribution is -2.35. The van der Waals surface area contributed by atoms with Crippen LogP contribution >= 0.6 is 0 Å². The molecule has 0 aromatic carbocycles. The summed E-state index contributed by atoms with van der Waals surface area (Å²) < 4.78 is 27.7. The Kier molecular flexibility index (Phi) is 5.72. The van der Waals surface area contributed by atoms with Crippen molar-refractivity contribution >= 4 is 9.84 Å². The van der Waals surface area contributed by atoms with Crippen LogP contribution in [0.15, 0.2) is 0 Å². The molecule has 1 fully saturated rings. The normalized spacial score (nSPS) is 24.2. The molecule has 2 atom stereocenters. The van der Waals surface area contributed by atoms with Gasteiger partial charge in [0.1, 0.15) is 9.84 Å². The first-order valence-electron chi connectivity index (χ1n) is 6.00. The van der Waals surface area contributed by atoms with Gasteiger partial charge in [0.15, 0.2) is 0 Å². The highest BCUT2D eigenvalue weighted by Crippen LogP contribution is 2.14. The van der Waals surface area contributed by atoms with Crippen LogP contribution in [-0.2, 0) is 14.6 Å². The average Bonchev–Trinajstić information content (AvgIpc) is 2.16. The highest BCUT2D eigenvalue weighted by Gasteiger charge is 2.14. The van der Waals surface area contributed by atoms with Crippen LogP contribution < -0.4 is 5.32 Å². The Morgan fingerprint density at radius 3 is 2.75 bits per heavy atom. The second-order valence-corrected chi connectivity index (χ2v) is 6.91. The van der Waals surface area contributed by atoms with Gasteiger partial charge in [0.05, 0.1) is 11.9 Å². The Bertz CT molecular complexity index is 284. The van der Waals surface area contributed by atoms with E-state index in [9.17, 15) is 8.42 Å². The van der Waals surface area contributed by atoms with Crippen LogP contribution in [0.25, 0.3) is 0 Å². The van der Waals surface area contributed by atoms with E-state index in [1.807, 2.05) is 6.92 Å². The summed E-state index contributed by atoms with van der Waals surface area (Å²) >= 11 is 0. The van der Waals surface area contributed by atoms with Crippen molar-refractivity contribution in [1.82, 2.24) is 5.32 Å². The Morgan fingerprint density at radius 2 is 2.19 bits per heavy atom. The predicted octanol–water partition coefficient (Wildman–Crippen LogP) is 0.968. The molecule has 1 saturated heterocycles. The molecule has 0 spiro atoms. The molecule has 96 valence electrons. The summed E-state index contributed by atoms with van der Waals surface area (Å²) in [6.45, 7) is 3.62. The molecule has 0 saturated carbocycles. The van der Waals surface area contributed by atoms with Crippen molar-refractivity contribution in [3.63, 3.8) is 0 Å². The molecule has 1 heterocycles. The van der Waals surface area contributed by atoms with E-state index in [0.717, 1.165) is 26.0 Å². The van der Waals surface area contributed by atoms with Crippen molar-refractivity contribution in [2.24, 2.45) is 0 Å². The molecule has 4 nitrogen and oxygen atoms in total. The van der Waals surface area contributed by atoms with Crippen LogP contribution in [0.4, 0.5) is 0 Å². The smallest absolute Gasteiger partial charge is 0.148 e. The third-order valence-corrected chi connectivity index (χ3v) is 3.89. The maximum Gasteiger partial charge on any atom is 0.148 e. The fourth-order valence-electron chi connectivity index (χ4n) is 2.04. The minimum absolute atomic E-state index is 0.0265. The fraction of sp³-hybridized carbons (Fsp3) is 1.00. The molecule has 1 aliphatic heterocycles. The van der Waals surface area contributed by atoms with Crippen molar-refractivity contribution < 1.29 is 13.2 Å². The van der Waals surface area contributed by atoms with E-state index in [1.54, 1.807) is 0 Å². The second-order valence-electron chi connectivity index (χ2n) is 4.72. The number of hydrogen-bond acceptors (Lipinski definition) is 4. The molecule has 1 N–H and O–H groups in total. The van der Waals surface area contributed by atoms with E-state index >= 15 is 0 Å². The Morgan fingerprint density at radius 1 is 1.44 bits per heavy atom. The lowest BCUT2D eigenvalue weighted by Gasteiger charge is -2.23. The van der Waals surface area contributed by atoms with Crippen LogP contribution in [0.3, 0.4) is 0 Å². The van der Waals surface area contributed by atoms with Crippen LogP contribution in [0.1, 0.15) is 32.6 Å². The van der Waals surface area contributed by atoms with Crippen LogP contribution in [0.5, 0.6) is 0 Å². The molecule has 1 aliphatic rings. The van der Waals surface area contributed by atoms with Gasteiger partial charge in [-0.2, -0.15) is 0 Å². The summed E-state index contributed by atoms with van der Waals surface area (Å²) in [5.41, 5.74) is 0. The summed E-state index contributed by atoms with van der Waals surface area (Å²) in [6.07, 6.45) is 6.19. The fourth-order valence-corrected chi connectivity index (χ4v) is 3.06. The van der Waals surface area contributed by atoms with Crippen LogP contribution in [0, 0.1) is 0 Å². The molecular weight excluding hydrogens is 226 g/mol. The zero-order chi connectivity index (χ0) is 12.0. The molecule has 2 unspecified atom stereocenters. The van der Waals surface area contributed by atoms with E-state index in [0.29, 0.717) is 6.10 Å². The third-order valence-electron chi connectivity index (χ3n) is 2.79. The Labute approximate surface area is 98.7 Å². The van der Waals surface area contributed by atoms with E-state index in [-0.39, 0.29) is 11.8 Å². The van der Waals surface area contributed by atoms with E-state index in [1.165, 1.54) is 19.1 Å². The quantitative estimate of drug-likeness (QED) is 0.762. The molecule has 0 aromatic heterocycles. The number of hydrogen-bond donors (Lipinski definition) is 1. The van der Waals surface area contributed by atoms with Crippen LogP contribution in [0.2, 0.25) is 0 Å². The van der Waals surface area contributed by atoms with Crippen molar-refractivity contribution in [1.29, 1.82) is 0 Å². The topological polar surface area (TPSA) is 55.4 Å². The minimum atomic E-state index is -2.87. The predicted molar refractivity (Wildman–Crippen MR) is 65.4 cm³/mol. The van der Waals surface area contributed by atoms with Gasteiger partial charge < -0.3 is 10.1 Å². The van der Waals surface area contributed by atoms with Gasteiger partial charge in [-0.3, -0.25) is 0 Å². The number of ether oxygens (including phenoxy) is 1. The maximum atomic E-state index is 11.0. The zero-order valence-electron chi connectivity index (χ0n) is 10.2. The molecule has 1 rings (SSSR count). The maximum absolute atomic E-state index is 11.0. The highest BCUT2D eigenvalue weighted by atomic mass is 32.2. The van der Waals surface area contributed by atoms with Gasteiger partial charge in [0.25, 0.3) is 0 Å². The standard InChI is InChI=1S/C11H23NO3S/c1-10(9-16(2,13)14)12-7-6-11-5-3-4-8-15-11/h10-12H,3-9H2,1-2H3. The van der Waals surface area contributed by atoms with Gasteiger partial charge in [0, 0.05) is 18.9 Å².